The number of aromatic nitrogens is 2. The van der Waals surface area contributed by atoms with Gasteiger partial charge < -0.3 is 10.1 Å². The number of rotatable bonds is 3. The van der Waals surface area contributed by atoms with E-state index in [-0.39, 0.29) is 0 Å². The predicted octanol–water partition coefficient (Wildman–Crippen LogP) is 1.13. The summed E-state index contributed by atoms with van der Waals surface area (Å²) in [5.41, 5.74) is 0. The highest BCUT2D eigenvalue weighted by molar-refractivity contribution is 4.89. The molecular formula is C11H17N3O. The molecule has 0 radical (unpaired) electrons. The molecule has 1 aliphatic rings. The van der Waals surface area contributed by atoms with Crippen LogP contribution >= 0.6 is 0 Å². The fourth-order valence-corrected chi connectivity index (χ4v) is 1.84. The van der Waals surface area contributed by atoms with Crippen molar-refractivity contribution in [2.75, 3.05) is 6.61 Å². The van der Waals surface area contributed by atoms with Crippen molar-refractivity contribution < 1.29 is 4.74 Å². The molecule has 1 fully saturated rings. The Morgan fingerprint density at radius 1 is 1.47 bits per heavy atom. The van der Waals surface area contributed by atoms with Crippen molar-refractivity contribution >= 4 is 0 Å². The van der Waals surface area contributed by atoms with E-state index in [2.05, 4.69) is 22.2 Å². The van der Waals surface area contributed by atoms with Gasteiger partial charge in [0.25, 0.3) is 0 Å². The smallest absolute Gasteiger partial charge is 0.141 e. The van der Waals surface area contributed by atoms with E-state index in [1.807, 2.05) is 6.07 Å². The third-order valence-corrected chi connectivity index (χ3v) is 2.65. The maximum Gasteiger partial charge on any atom is 0.141 e. The van der Waals surface area contributed by atoms with Gasteiger partial charge in [-0.1, -0.05) is 0 Å². The summed E-state index contributed by atoms with van der Waals surface area (Å²) in [5.74, 6) is 0.858. The van der Waals surface area contributed by atoms with Crippen LogP contribution in [-0.4, -0.2) is 28.7 Å². The van der Waals surface area contributed by atoms with Crippen LogP contribution in [0.25, 0.3) is 0 Å². The van der Waals surface area contributed by atoms with Crippen LogP contribution in [0.2, 0.25) is 0 Å². The van der Waals surface area contributed by atoms with Gasteiger partial charge in [0.2, 0.25) is 0 Å². The Kier molecular flexibility index (Phi) is 3.64. The molecule has 0 spiro atoms. The van der Waals surface area contributed by atoms with Crippen LogP contribution in [-0.2, 0) is 11.3 Å². The van der Waals surface area contributed by atoms with Gasteiger partial charge in [0.05, 0.1) is 12.6 Å². The molecule has 2 unspecified atom stereocenters. The monoisotopic (exact) mass is 207 g/mol. The summed E-state index contributed by atoms with van der Waals surface area (Å²) in [7, 11) is 0. The van der Waals surface area contributed by atoms with Gasteiger partial charge in [0, 0.05) is 25.0 Å². The predicted molar refractivity (Wildman–Crippen MR) is 57.3 cm³/mol. The lowest BCUT2D eigenvalue weighted by Gasteiger charge is -2.27. The van der Waals surface area contributed by atoms with Gasteiger partial charge in [-0.2, -0.15) is 0 Å². The molecule has 1 saturated heterocycles. The normalized spacial score (nSPS) is 26.5. The largest absolute Gasteiger partial charge is 0.378 e. The lowest BCUT2D eigenvalue weighted by Crippen LogP contribution is -2.37. The zero-order chi connectivity index (χ0) is 10.5. The first-order valence-corrected chi connectivity index (χ1v) is 5.45. The minimum absolute atomic E-state index is 0.368. The molecule has 0 amide bonds. The first-order chi connectivity index (χ1) is 7.34. The highest BCUT2D eigenvalue weighted by Crippen LogP contribution is 2.13. The Labute approximate surface area is 90.1 Å². The molecule has 4 nitrogen and oxygen atoms in total. The highest BCUT2D eigenvalue weighted by Gasteiger charge is 2.18. The molecule has 0 aliphatic carbocycles. The minimum Gasteiger partial charge on any atom is -0.378 e. The second-order valence-corrected chi connectivity index (χ2v) is 3.95. The average Bonchev–Trinajstić information content (AvgIpc) is 2.28. The standard InChI is InChI=1S/C11H17N3O/c1-9-7-10(3-6-15-9)14-8-11-12-4-2-5-13-11/h2,4-5,9-10,14H,3,6-8H2,1H3. The summed E-state index contributed by atoms with van der Waals surface area (Å²) < 4.78 is 5.49. The Balaban J connectivity index is 1.78. The maximum absolute atomic E-state index is 5.49. The lowest BCUT2D eigenvalue weighted by molar-refractivity contribution is 0.0129. The molecule has 2 atom stereocenters. The fourth-order valence-electron chi connectivity index (χ4n) is 1.84. The van der Waals surface area contributed by atoms with E-state index in [0.29, 0.717) is 12.1 Å². The first-order valence-electron chi connectivity index (χ1n) is 5.45. The molecule has 0 saturated carbocycles. The van der Waals surface area contributed by atoms with Gasteiger partial charge in [0.15, 0.2) is 0 Å². The molecule has 1 N–H and O–H groups in total. The fraction of sp³-hybridized carbons (Fsp3) is 0.636. The van der Waals surface area contributed by atoms with Gasteiger partial charge in [-0.05, 0) is 25.8 Å². The van der Waals surface area contributed by atoms with Crippen LogP contribution in [0.5, 0.6) is 0 Å². The van der Waals surface area contributed by atoms with Gasteiger partial charge in [-0.3, -0.25) is 0 Å². The molecule has 1 aromatic rings. The van der Waals surface area contributed by atoms with Gasteiger partial charge in [-0.15, -0.1) is 0 Å². The number of hydrogen-bond acceptors (Lipinski definition) is 4. The summed E-state index contributed by atoms with van der Waals surface area (Å²) in [4.78, 5) is 8.35. The van der Waals surface area contributed by atoms with E-state index in [1.165, 1.54) is 0 Å². The zero-order valence-corrected chi connectivity index (χ0v) is 9.02. The molecule has 2 rings (SSSR count). The molecule has 2 heterocycles. The third kappa shape index (κ3) is 3.25. The van der Waals surface area contributed by atoms with Crippen molar-refractivity contribution in [3.63, 3.8) is 0 Å². The molecule has 82 valence electrons. The van der Waals surface area contributed by atoms with Crippen LogP contribution in [0.3, 0.4) is 0 Å². The van der Waals surface area contributed by atoms with Gasteiger partial charge in [0.1, 0.15) is 5.82 Å². The Bertz CT molecular complexity index is 291. The quantitative estimate of drug-likeness (QED) is 0.807. The van der Waals surface area contributed by atoms with Crippen LogP contribution in [0, 0.1) is 0 Å². The first kappa shape index (κ1) is 10.5. The van der Waals surface area contributed by atoms with Crippen molar-refractivity contribution in [1.29, 1.82) is 0 Å². The summed E-state index contributed by atoms with van der Waals surface area (Å²) in [6.07, 6.45) is 6.07. The van der Waals surface area contributed by atoms with E-state index >= 15 is 0 Å². The molecular weight excluding hydrogens is 190 g/mol. The summed E-state index contributed by atoms with van der Waals surface area (Å²) >= 11 is 0. The number of nitrogens with one attached hydrogen (secondary N) is 1. The van der Waals surface area contributed by atoms with Crippen molar-refractivity contribution in [2.45, 2.75) is 38.5 Å². The molecule has 1 aromatic heterocycles. The Morgan fingerprint density at radius 3 is 3.00 bits per heavy atom. The van der Waals surface area contributed by atoms with E-state index in [0.717, 1.165) is 31.8 Å². The van der Waals surface area contributed by atoms with Gasteiger partial charge >= 0.3 is 0 Å². The molecule has 1 aliphatic heterocycles. The molecule has 4 heteroatoms. The van der Waals surface area contributed by atoms with E-state index < -0.39 is 0 Å². The van der Waals surface area contributed by atoms with Crippen LogP contribution in [0.1, 0.15) is 25.6 Å². The van der Waals surface area contributed by atoms with Gasteiger partial charge in [-0.25, -0.2) is 9.97 Å². The number of hydrogen-bond donors (Lipinski definition) is 1. The van der Waals surface area contributed by atoms with Crippen molar-refractivity contribution in [2.24, 2.45) is 0 Å². The summed E-state index contributed by atoms with van der Waals surface area (Å²) in [5, 5.41) is 3.46. The topological polar surface area (TPSA) is 47.0 Å². The van der Waals surface area contributed by atoms with E-state index in [9.17, 15) is 0 Å². The third-order valence-electron chi connectivity index (χ3n) is 2.65. The zero-order valence-electron chi connectivity index (χ0n) is 9.02. The summed E-state index contributed by atoms with van der Waals surface area (Å²) in [6.45, 7) is 3.72. The second kappa shape index (κ2) is 5.19. The Hall–Kier alpha value is -1.00. The SMILES string of the molecule is CC1CC(NCc2ncccn2)CCO1. The molecule has 15 heavy (non-hydrogen) atoms. The molecule has 0 aromatic carbocycles. The van der Waals surface area contributed by atoms with Crippen molar-refractivity contribution in [3.8, 4) is 0 Å². The lowest BCUT2D eigenvalue weighted by atomic mass is 10.0. The van der Waals surface area contributed by atoms with Crippen LogP contribution in [0.15, 0.2) is 18.5 Å². The van der Waals surface area contributed by atoms with E-state index in [4.69, 9.17) is 4.74 Å². The maximum atomic E-state index is 5.49. The summed E-state index contributed by atoms with van der Waals surface area (Å²) in [6, 6.07) is 2.37. The van der Waals surface area contributed by atoms with E-state index in [1.54, 1.807) is 12.4 Å². The molecule has 0 bridgehead atoms. The van der Waals surface area contributed by atoms with Crippen LogP contribution < -0.4 is 5.32 Å². The Morgan fingerprint density at radius 2 is 2.27 bits per heavy atom. The average molecular weight is 207 g/mol. The minimum atomic E-state index is 0.368. The number of nitrogens with zero attached hydrogens (tertiary/aromatic N) is 2. The van der Waals surface area contributed by atoms with Crippen LogP contribution in [0.4, 0.5) is 0 Å². The highest BCUT2D eigenvalue weighted by atomic mass is 16.5. The second-order valence-electron chi connectivity index (χ2n) is 3.95. The van der Waals surface area contributed by atoms with Crippen molar-refractivity contribution in [1.82, 2.24) is 15.3 Å². The number of ether oxygens (including phenoxy) is 1. The van der Waals surface area contributed by atoms with Crippen molar-refractivity contribution in [3.05, 3.63) is 24.3 Å².